The standard InChI is InChI=1S/C30H43BrN4O.C2H6/c31-27-6-3-9-29(11-10-27)34-17-15-33(16-18-34)22-26-19-24-12-14-35(28-7-1-2-8-28)23-36-30(20-24)21-25(26)5-4-13-32;1-2/h3-5,9-11,13,19,24,28,30H,1-2,6-8,12,14-18,20-23,32H2;1-2H3/b13-4-,25-5+;. The summed E-state index contributed by atoms with van der Waals surface area (Å²) in [5, 5.41) is 0. The van der Waals surface area contributed by atoms with Crippen LogP contribution in [0.5, 0.6) is 0 Å². The Morgan fingerprint density at radius 3 is 2.61 bits per heavy atom. The second-order valence-electron chi connectivity index (χ2n) is 11.0. The molecule has 0 aromatic rings. The molecule has 2 bridgehead atoms. The molecule has 5 aliphatic rings. The third-order valence-electron chi connectivity index (χ3n) is 8.54. The first-order chi connectivity index (χ1) is 18.7. The number of halogens is 1. The van der Waals surface area contributed by atoms with Gasteiger partial charge in [-0.25, -0.2) is 0 Å². The minimum absolute atomic E-state index is 0.295. The number of nitrogens with zero attached hydrogens (tertiary/aromatic N) is 3. The summed E-state index contributed by atoms with van der Waals surface area (Å²) < 4.78 is 7.80. The van der Waals surface area contributed by atoms with Gasteiger partial charge in [0.1, 0.15) is 0 Å². The van der Waals surface area contributed by atoms with Crippen LogP contribution < -0.4 is 5.73 Å². The lowest BCUT2D eigenvalue weighted by Gasteiger charge is -2.37. The fourth-order valence-corrected chi connectivity index (χ4v) is 6.77. The Kier molecular flexibility index (Phi) is 11.8. The van der Waals surface area contributed by atoms with Crippen molar-refractivity contribution in [1.82, 2.24) is 14.7 Å². The normalized spacial score (nSPS) is 29.1. The SMILES string of the molecule is CC.N/C=C\C=C1/CC2CC(C=C1CN1CCN(C3=CC=C(Br)CC=C3)CC1)CCN(C1CCCC1)CO2. The van der Waals surface area contributed by atoms with E-state index in [1.54, 1.807) is 6.20 Å². The Bertz CT molecular complexity index is 935. The van der Waals surface area contributed by atoms with Crippen LogP contribution in [0.3, 0.4) is 0 Å². The first-order valence-electron chi connectivity index (χ1n) is 15.0. The molecular formula is C32H49BrN4O. The van der Waals surface area contributed by atoms with E-state index in [4.69, 9.17) is 10.5 Å². The van der Waals surface area contributed by atoms with Crippen LogP contribution in [0, 0.1) is 5.92 Å². The van der Waals surface area contributed by atoms with Crippen molar-refractivity contribution in [3.8, 4) is 0 Å². The average molecular weight is 586 g/mol. The van der Waals surface area contributed by atoms with E-state index in [0.717, 1.165) is 64.8 Å². The number of fused-ring (bicyclic) bond motifs is 2. The van der Waals surface area contributed by atoms with Crippen molar-refractivity contribution in [2.24, 2.45) is 11.7 Å². The molecule has 2 heterocycles. The fourth-order valence-electron chi connectivity index (χ4n) is 6.45. The van der Waals surface area contributed by atoms with E-state index in [-0.39, 0.29) is 0 Å². The number of allylic oxidation sites excluding steroid dienone is 8. The van der Waals surface area contributed by atoms with E-state index in [9.17, 15) is 0 Å². The molecule has 2 aliphatic heterocycles. The lowest BCUT2D eigenvalue weighted by Crippen LogP contribution is -2.46. The number of hydrogen-bond donors (Lipinski definition) is 1. The van der Waals surface area contributed by atoms with Gasteiger partial charge < -0.3 is 15.4 Å². The van der Waals surface area contributed by atoms with Gasteiger partial charge in [0, 0.05) is 51.0 Å². The van der Waals surface area contributed by atoms with Crippen molar-refractivity contribution in [2.45, 2.75) is 77.4 Å². The van der Waals surface area contributed by atoms with Gasteiger partial charge in [0.15, 0.2) is 0 Å². The number of hydrogen-bond acceptors (Lipinski definition) is 5. The summed E-state index contributed by atoms with van der Waals surface area (Å²) in [6, 6.07) is 0.732. The molecule has 6 heteroatoms. The maximum atomic E-state index is 6.56. The Morgan fingerprint density at radius 1 is 1.05 bits per heavy atom. The second kappa shape index (κ2) is 15.3. The first-order valence-corrected chi connectivity index (χ1v) is 15.8. The predicted octanol–water partition coefficient (Wildman–Crippen LogP) is 6.48. The van der Waals surface area contributed by atoms with Gasteiger partial charge in [-0.3, -0.25) is 9.80 Å². The Morgan fingerprint density at radius 2 is 1.84 bits per heavy atom. The summed E-state index contributed by atoms with van der Waals surface area (Å²) >= 11 is 3.64. The van der Waals surface area contributed by atoms with E-state index < -0.39 is 0 Å². The minimum atomic E-state index is 0.295. The van der Waals surface area contributed by atoms with E-state index in [0.29, 0.717) is 12.0 Å². The highest BCUT2D eigenvalue weighted by atomic mass is 79.9. The van der Waals surface area contributed by atoms with Gasteiger partial charge in [-0.15, -0.1) is 0 Å². The van der Waals surface area contributed by atoms with Crippen molar-refractivity contribution in [3.63, 3.8) is 0 Å². The molecule has 0 aromatic heterocycles. The van der Waals surface area contributed by atoms with Crippen molar-refractivity contribution in [2.75, 3.05) is 46.0 Å². The van der Waals surface area contributed by atoms with E-state index in [1.807, 2.05) is 19.9 Å². The van der Waals surface area contributed by atoms with Crippen LogP contribution in [0.4, 0.5) is 0 Å². The average Bonchev–Trinajstić information content (AvgIpc) is 3.30. The molecule has 0 amide bonds. The number of rotatable bonds is 5. The molecule has 2 atom stereocenters. The second-order valence-corrected chi connectivity index (χ2v) is 12.0. The molecule has 38 heavy (non-hydrogen) atoms. The van der Waals surface area contributed by atoms with Crippen molar-refractivity contribution in [1.29, 1.82) is 0 Å². The molecule has 1 saturated carbocycles. The summed E-state index contributed by atoms with van der Waals surface area (Å²) in [5.74, 6) is 0.592. The predicted molar refractivity (Wildman–Crippen MR) is 164 cm³/mol. The zero-order valence-corrected chi connectivity index (χ0v) is 25.2. The van der Waals surface area contributed by atoms with Crippen LogP contribution in [0.15, 0.2) is 70.1 Å². The molecule has 3 aliphatic carbocycles. The zero-order chi connectivity index (χ0) is 26.7. The summed E-state index contributed by atoms with van der Waals surface area (Å²) in [5.41, 5.74) is 9.98. The smallest absolute Gasteiger partial charge is 0.0996 e. The van der Waals surface area contributed by atoms with E-state index in [2.05, 4.69) is 67.1 Å². The van der Waals surface area contributed by atoms with Gasteiger partial charge in [0.25, 0.3) is 0 Å². The molecule has 5 rings (SSSR count). The van der Waals surface area contributed by atoms with Crippen LogP contribution in [0.25, 0.3) is 0 Å². The summed E-state index contributed by atoms with van der Waals surface area (Å²) in [4.78, 5) is 7.80. The molecule has 2 N–H and O–H groups in total. The lowest BCUT2D eigenvalue weighted by molar-refractivity contribution is -0.0578. The molecule has 2 saturated heterocycles. The Labute approximate surface area is 239 Å². The highest BCUT2D eigenvalue weighted by Gasteiger charge is 2.31. The van der Waals surface area contributed by atoms with E-state index in [1.165, 1.54) is 60.0 Å². The van der Waals surface area contributed by atoms with Gasteiger partial charge in [-0.2, -0.15) is 0 Å². The molecule has 0 aromatic carbocycles. The number of nitrogens with two attached hydrogens (primary N) is 1. The number of ether oxygens (including phenoxy) is 1. The summed E-state index contributed by atoms with van der Waals surface area (Å²) in [6.07, 6.45) is 27.6. The molecule has 0 spiro atoms. The lowest BCUT2D eigenvalue weighted by atomic mass is 9.96. The highest BCUT2D eigenvalue weighted by molar-refractivity contribution is 9.11. The summed E-state index contributed by atoms with van der Waals surface area (Å²) in [7, 11) is 0. The third kappa shape index (κ3) is 8.20. The molecule has 5 nitrogen and oxygen atoms in total. The molecular weight excluding hydrogens is 536 g/mol. The molecule has 210 valence electrons. The minimum Gasteiger partial charge on any atom is -0.405 e. The van der Waals surface area contributed by atoms with Gasteiger partial charge in [-0.1, -0.05) is 60.8 Å². The van der Waals surface area contributed by atoms with Crippen LogP contribution in [-0.4, -0.2) is 72.8 Å². The highest BCUT2D eigenvalue weighted by Crippen LogP contribution is 2.34. The molecule has 0 radical (unpaired) electrons. The van der Waals surface area contributed by atoms with Gasteiger partial charge in [0.2, 0.25) is 0 Å². The Balaban J connectivity index is 0.00000164. The Hall–Kier alpha value is -1.60. The van der Waals surface area contributed by atoms with Crippen LogP contribution in [0.1, 0.15) is 65.2 Å². The van der Waals surface area contributed by atoms with Crippen molar-refractivity contribution >= 4 is 15.9 Å². The quantitative estimate of drug-likeness (QED) is 0.400. The van der Waals surface area contributed by atoms with Crippen LogP contribution >= 0.6 is 15.9 Å². The van der Waals surface area contributed by atoms with Gasteiger partial charge >= 0.3 is 0 Å². The maximum Gasteiger partial charge on any atom is 0.0996 e. The zero-order valence-electron chi connectivity index (χ0n) is 23.7. The van der Waals surface area contributed by atoms with Gasteiger partial charge in [0.05, 0.1) is 12.8 Å². The monoisotopic (exact) mass is 584 g/mol. The summed E-state index contributed by atoms with van der Waals surface area (Å²) in [6.45, 7) is 11.3. The van der Waals surface area contributed by atoms with Crippen LogP contribution in [0.2, 0.25) is 0 Å². The number of piperazine rings is 1. The van der Waals surface area contributed by atoms with E-state index >= 15 is 0 Å². The molecule has 3 fully saturated rings. The maximum absolute atomic E-state index is 6.56. The van der Waals surface area contributed by atoms with Gasteiger partial charge in [-0.05, 0) is 90.6 Å². The first kappa shape index (κ1) is 29.4. The van der Waals surface area contributed by atoms with Crippen LogP contribution in [-0.2, 0) is 4.74 Å². The largest absolute Gasteiger partial charge is 0.405 e. The molecule has 2 unspecified atom stereocenters. The van der Waals surface area contributed by atoms with Crippen molar-refractivity contribution in [3.05, 3.63) is 70.1 Å². The third-order valence-corrected chi connectivity index (χ3v) is 9.13. The fraction of sp³-hybridized carbons (Fsp3) is 0.625. The topological polar surface area (TPSA) is 45.0 Å². The van der Waals surface area contributed by atoms with Crippen molar-refractivity contribution < 1.29 is 4.74 Å².